The Balaban J connectivity index is 1.41. The van der Waals surface area contributed by atoms with Crippen LogP contribution in [0.1, 0.15) is 22.0 Å². The van der Waals surface area contributed by atoms with Crippen LogP contribution in [0.25, 0.3) is 0 Å². The number of carbonyl (C=O) groups is 1. The lowest BCUT2D eigenvalue weighted by Gasteiger charge is -2.35. The molecule has 1 heterocycles. The number of morpholine rings is 1. The van der Waals surface area contributed by atoms with E-state index in [0.29, 0.717) is 44.1 Å². The minimum absolute atomic E-state index is 0.120. The van der Waals surface area contributed by atoms with Gasteiger partial charge in [0.05, 0.1) is 24.2 Å². The second-order valence-electron chi connectivity index (χ2n) is 7.92. The number of anilines is 1. The van der Waals surface area contributed by atoms with Gasteiger partial charge in [0.1, 0.15) is 5.82 Å². The maximum Gasteiger partial charge on any atom is 0.261 e. The predicted molar refractivity (Wildman–Crippen MR) is 128 cm³/mol. The van der Waals surface area contributed by atoms with Gasteiger partial charge >= 0.3 is 0 Å². The normalized spacial score (nSPS) is 15.4. The van der Waals surface area contributed by atoms with Gasteiger partial charge in [-0.25, -0.2) is 12.8 Å². The lowest BCUT2D eigenvalue weighted by atomic mass is 10.0. The molecular weight excluding hydrogens is 457 g/mol. The molecule has 0 aromatic heterocycles. The van der Waals surface area contributed by atoms with Gasteiger partial charge in [0, 0.05) is 30.9 Å². The van der Waals surface area contributed by atoms with Crippen LogP contribution >= 0.6 is 0 Å². The van der Waals surface area contributed by atoms with Crippen molar-refractivity contribution < 1.29 is 22.3 Å². The molecule has 1 unspecified atom stereocenters. The molecule has 34 heavy (non-hydrogen) atoms. The molecule has 1 fully saturated rings. The summed E-state index contributed by atoms with van der Waals surface area (Å²) >= 11 is 0. The minimum atomic E-state index is -3.71. The first-order valence-electron chi connectivity index (χ1n) is 11.0. The molecule has 0 aliphatic carbocycles. The molecule has 0 saturated carbocycles. The van der Waals surface area contributed by atoms with Crippen molar-refractivity contribution in [3.63, 3.8) is 0 Å². The van der Waals surface area contributed by atoms with Crippen LogP contribution in [0.5, 0.6) is 0 Å². The average molecular weight is 484 g/mol. The molecule has 9 heteroatoms. The van der Waals surface area contributed by atoms with Gasteiger partial charge in [-0.05, 0) is 54.1 Å². The van der Waals surface area contributed by atoms with Crippen molar-refractivity contribution in [2.75, 3.05) is 37.6 Å². The van der Waals surface area contributed by atoms with Crippen molar-refractivity contribution in [1.82, 2.24) is 10.2 Å². The molecule has 3 aromatic rings. The number of hydrogen-bond acceptors (Lipinski definition) is 5. The number of benzene rings is 3. The van der Waals surface area contributed by atoms with Gasteiger partial charge in [-0.1, -0.05) is 30.3 Å². The topological polar surface area (TPSA) is 87.7 Å². The molecule has 1 atom stereocenters. The lowest BCUT2D eigenvalue weighted by molar-refractivity contribution is 0.0162. The third-order valence-corrected chi connectivity index (χ3v) is 7.05. The van der Waals surface area contributed by atoms with Crippen LogP contribution in [-0.4, -0.2) is 52.1 Å². The third-order valence-electron chi connectivity index (χ3n) is 5.65. The molecule has 3 aromatic carbocycles. The van der Waals surface area contributed by atoms with Gasteiger partial charge in [0.15, 0.2) is 0 Å². The second kappa shape index (κ2) is 10.8. The van der Waals surface area contributed by atoms with Crippen LogP contribution in [0.2, 0.25) is 0 Å². The van der Waals surface area contributed by atoms with Crippen LogP contribution < -0.4 is 10.0 Å². The minimum Gasteiger partial charge on any atom is -0.379 e. The fraction of sp³-hybridized carbons (Fsp3) is 0.240. The number of rotatable bonds is 8. The van der Waals surface area contributed by atoms with Gasteiger partial charge in [-0.15, -0.1) is 0 Å². The van der Waals surface area contributed by atoms with Crippen LogP contribution in [0.3, 0.4) is 0 Å². The molecule has 2 N–H and O–H groups in total. The van der Waals surface area contributed by atoms with Crippen LogP contribution in [-0.2, 0) is 14.8 Å². The Bertz CT molecular complexity index is 1200. The number of amides is 1. The van der Waals surface area contributed by atoms with Crippen molar-refractivity contribution in [1.29, 1.82) is 0 Å². The molecule has 178 valence electrons. The quantitative estimate of drug-likeness (QED) is 0.513. The van der Waals surface area contributed by atoms with E-state index < -0.39 is 10.0 Å². The Kier molecular flexibility index (Phi) is 7.56. The Hall–Kier alpha value is -3.27. The molecule has 0 radical (unpaired) electrons. The molecule has 0 spiro atoms. The van der Waals surface area contributed by atoms with Crippen molar-refractivity contribution in [2.24, 2.45) is 0 Å². The number of sulfonamides is 1. The maximum atomic E-state index is 13.4. The summed E-state index contributed by atoms with van der Waals surface area (Å²) in [4.78, 5) is 15.1. The lowest BCUT2D eigenvalue weighted by Crippen LogP contribution is -2.43. The summed E-state index contributed by atoms with van der Waals surface area (Å²) in [6, 6.07) is 20.5. The summed E-state index contributed by atoms with van der Waals surface area (Å²) in [7, 11) is -3.71. The van der Waals surface area contributed by atoms with E-state index in [-0.39, 0.29) is 22.7 Å². The van der Waals surface area contributed by atoms with E-state index in [2.05, 4.69) is 14.9 Å². The summed E-state index contributed by atoms with van der Waals surface area (Å²) < 4.78 is 46.3. The second-order valence-corrected chi connectivity index (χ2v) is 9.60. The first-order chi connectivity index (χ1) is 16.4. The third kappa shape index (κ3) is 5.99. The summed E-state index contributed by atoms with van der Waals surface area (Å²) in [6.45, 7) is 2.98. The van der Waals surface area contributed by atoms with E-state index in [0.717, 1.165) is 5.56 Å². The van der Waals surface area contributed by atoms with E-state index in [9.17, 15) is 17.6 Å². The first kappa shape index (κ1) is 23.9. The highest BCUT2D eigenvalue weighted by Crippen LogP contribution is 2.22. The summed E-state index contributed by atoms with van der Waals surface area (Å²) in [5.74, 6) is -0.589. The summed E-state index contributed by atoms with van der Waals surface area (Å²) in [5, 5.41) is 2.95. The smallest absolute Gasteiger partial charge is 0.261 e. The van der Waals surface area contributed by atoms with Gasteiger partial charge in [0.2, 0.25) is 0 Å². The fourth-order valence-electron chi connectivity index (χ4n) is 3.83. The number of hydrogen-bond donors (Lipinski definition) is 2. The SMILES string of the molecule is O=C(NCC(c1ccc(F)cc1)N1CCOCC1)c1ccc(NS(=O)(=O)c2ccccc2)cc1. The zero-order valence-electron chi connectivity index (χ0n) is 18.5. The Labute approximate surface area is 198 Å². The average Bonchev–Trinajstić information content (AvgIpc) is 2.86. The molecule has 1 aliphatic rings. The highest BCUT2D eigenvalue weighted by molar-refractivity contribution is 7.92. The predicted octanol–water partition coefficient (Wildman–Crippen LogP) is 3.43. The van der Waals surface area contributed by atoms with Gasteiger partial charge in [-0.2, -0.15) is 0 Å². The Morgan fingerprint density at radius 1 is 0.941 bits per heavy atom. The van der Waals surface area contributed by atoms with Crippen LogP contribution in [0.15, 0.2) is 83.8 Å². The van der Waals surface area contributed by atoms with Crippen LogP contribution in [0, 0.1) is 5.82 Å². The van der Waals surface area contributed by atoms with Crippen molar-refractivity contribution >= 4 is 21.6 Å². The molecular formula is C25H26FN3O4S. The van der Waals surface area contributed by atoms with Crippen LogP contribution in [0.4, 0.5) is 10.1 Å². The number of ether oxygens (including phenoxy) is 1. The summed E-state index contributed by atoms with van der Waals surface area (Å²) in [6.07, 6.45) is 0. The van der Waals surface area contributed by atoms with E-state index >= 15 is 0 Å². The molecule has 1 amide bonds. The van der Waals surface area contributed by atoms with E-state index in [1.807, 2.05) is 0 Å². The number of halogens is 1. The highest BCUT2D eigenvalue weighted by atomic mass is 32.2. The summed E-state index contributed by atoms with van der Waals surface area (Å²) in [5.41, 5.74) is 1.68. The molecule has 1 saturated heterocycles. The molecule has 1 aliphatic heterocycles. The van der Waals surface area contributed by atoms with Crippen molar-refractivity contribution in [3.8, 4) is 0 Å². The van der Waals surface area contributed by atoms with E-state index in [1.54, 1.807) is 54.6 Å². The fourth-order valence-corrected chi connectivity index (χ4v) is 4.91. The molecule has 0 bridgehead atoms. The Morgan fingerprint density at radius 2 is 1.59 bits per heavy atom. The van der Waals surface area contributed by atoms with E-state index in [1.165, 1.54) is 24.3 Å². The van der Waals surface area contributed by atoms with E-state index in [4.69, 9.17) is 4.74 Å². The standard InChI is InChI=1S/C25H26FN3O4S/c26-21-10-6-19(7-11-21)24(29-14-16-33-17-15-29)18-27-25(30)20-8-12-22(13-9-20)28-34(31,32)23-4-2-1-3-5-23/h1-13,24,28H,14-18H2,(H,27,30). The zero-order chi connectivity index (χ0) is 24.0. The number of nitrogens with one attached hydrogen (secondary N) is 2. The number of carbonyl (C=O) groups excluding carboxylic acids is 1. The van der Waals surface area contributed by atoms with Gasteiger partial charge < -0.3 is 10.1 Å². The van der Waals surface area contributed by atoms with Crippen molar-refractivity contribution in [3.05, 3.63) is 95.8 Å². The van der Waals surface area contributed by atoms with Crippen molar-refractivity contribution in [2.45, 2.75) is 10.9 Å². The Morgan fingerprint density at radius 3 is 2.24 bits per heavy atom. The largest absolute Gasteiger partial charge is 0.379 e. The van der Waals surface area contributed by atoms with Gasteiger partial charge in [0.25, 0.3) is 15.9 Å². The zero-order valence-corrected chi connectivity index (χ0v) is 19.3. The molecule has 4 rings (SSSR count). The highest BCUT2D eigenvalue weighted by Gasteiger charge is 2.23. The molecule has 7 nitrogen and oxygen atoms in total. The monoisotopic (exact) mass is 483 g/mol. The number of nitrogens with zero attached hydrogens (tertiary/aromatic N) is 1. The maximum absolute atomic E-state index is 13.4. The first-order valence-corrected chi connectivity index (χ1v) is 12.4. The van der Waals surface area contributed by atoms with Gasteiger partial charge in [-0.3, -0.25) is 14.4 Å².